The minimum Gasteiger partial charge on any atom is -0.438 e. The van der Waals surface area contributed by atoms with Gasteiger partial charge >= 0.3 is 0 Å². The lowest BCUT2D eigenvalue weighted by molar-refractivity contribution is 0.0648. The monoisotopic (exact) mass is 349 g/mol. The van der Waals surface area contributed by atoms with E-state index in [1.165, 1.54) is 12.1 Å². The second kappa shape index (κ2) is 5.95. The Morgan fingerprint density at radius 2 is 1.96 bits per heavy atom. The number of para-hydroxylation sites is 1. The van der Waals surface area contributed by atoms with Gasteiger partial charge in [0.15, 0.2) is 5.76 Å². The van der Waals surface area contributed by atoms with Crippen LogP contribution in [0.3, 0.4) is 0 Å². The number of benzene rings is 1. The maximum atomic E-state index is 12.8. The van der Waals surface area contributed by atoms with Gasteiger partial charge in [0.2, 0.25) is 5.09 Å². The zero-order valence-electron chi connectivity index (χ0n) is 13.5. The zero-order chi connectivity index (χ0) is 17.5. The largest absolute Gasteiger partial charge is 0.438 e. The molecule has 3 rings (SSSR count). The number of carbonyl (C=O) groups is 1. The number of furan rings is 1. The number of primary sulfonamides is 1. The number of rotatable bonds is 2. The third-order valence-corrected chi connectivity index (χ3v) is 4.93. The fourth-order valence-corrected chi connectivity index (χ4v) is 3.41. The van der Waals surface area contributed by atoms with Crippen molar-refractivity contribution in [1.82, 2.24) is 4.90 Å². The first-order valence-corrected chi connectivity index (χ1v) is 9.04. The fourth-order valence-electron chi connectivity index (χ4n) is 2.95. The highest BCUT2D eigenvalue weighted by Gasteiger charge is 2.29. The Bertz CT molecular complexity index is 875. The van der Waals surface area contributed by atoms with Crippen molar-refractivity contribution in [3.63, 3.8) is 0 Å². The quantitative estimate of drug-likeness (QED) is 0.884. The lowest BCUT2D eigenvalue weighted by Crippen LogP contribution is -2.41. The molecule has 0 saturated heterocycles. The van der Waals surface area contributed by atoms with E-state index in [1.54, 1.807) is 4.90 Å². The van der Waals surface area contributed by atoms with Crippen molar-refractivity contribution >= 4 is 21.6 Å². The highest BCUT2D eigenvalue weighted by molar-refractivity contribution is 7.89. The molecule has 7 nitrogen and oxygen atoms in total. The van der Waals surface area contributed by atoms with Crippen LogP contribution in [0, 0.1) is 0 Å². The number of likely N-dealkylation sites (N-methyl/N-ethyl adjacent to an activating group) is 1. The number of nitrogens with zero attached hydrogens (tertiary/aromatic N) is 2. The molecule has 1 aromatic carbocycles. The first-order valence-electron chi connectivity index (χ1n) is 7.50. The van der Waals surface area contributed by atoms with Gasteiger partial charge in [-0.05, 0) is 30.7 Å². The molecule has 0 bridgehead atoms. The molecule has 0 fully saturated rings. The Morgan fingerprint density at radius 1 is 1.25 bits per heavy atom. The van der Waals surface area contributed by atoms with Crippen LogP contribution in [0.5, 0.6) is 0 Å². The summed E-state index contributed by atoms with van der Waals surface area (Å²) in [6, 6.07) is 10.3. The van der Waals surface area contributed by atoms with Gasteiger partial charge < -0.3 is 14.2 Å². The number of sulfonamides is 1. The average Bonchev–Trinajstić information content (AvgIpc) is 2.98. The summed E-state index contributed by atoms with van der Waals surface area (Å²) in [5.41, 5.74) is 2.10. The van der Waals surface area contributed by atoms with Crippen molar-refractivity contribution < 1.29 is 17.6 Å². The molecule has 8 heteroatoms. The summed E-state index contributed by atoms with van der Waals surface area (Å²) in [7, 11) is -1.99. The Labute approximate surface area is 140 Å². The van der Waals surface area contributed by atoms with Crippen molar-refractivity contribution in [3.05, 3.63) is 47.7 Å². The molecule has 0 saturated carbocycles. The summed E-state index contributed by atoms with van der Waals surface area (Å²) in [6.07, 6.45) is 0. The molecular formula is C16H19N3O4S. The first kappa shape index (κ1) is 16.5. The smallest absolute Gasteiger partial charge is 0.290 e. The van der Waals surface area contributed by atoms with Gasteiger partial charge in [0.05, 0.1) is 0 Å². The van der Waals surface area contributed by atoms with Crippen LogP contribution in [0.15, 0.2) is 45.9 Å². The maximum absolute atomic E-state index is 12.8. The summed E-state index contributed by atoms with van der Waals surface area (Å²) < 4.78 is 27.8. The maximum Gasteiger partial charge on any atom is 0.290 e. The van der Waals surface area contributed by atoms with Gasteiger partial charge in [-0.2, -0.15) is 0 Å². The third kappa shape index (κ3) is 3.02. The van der Waals surface area contributed by atoms with Crippen LogP contribution in [0.4, 0.5) is 5.69 Å². The van der Waals surface area contributed by atoms with Crippen molar-refractivity contribution in [3.8, 4) is 0 Å². The Morgan fingerprint density at radius 3 is 2.62 bits per heavy atom. The molecule has 0 radical (unpaired) electrons. The molecule has 2 N–H and O–H groups in total. The van der Waals surface area contributed by atoms with Crippen molar-refractivity contribution in [1.29, 1.82) is 0 Å². The summed E-state index contributed by atoms with van der Waals surface area (Å²) >= 11 is 0. The van der Waals surface area contributed by atoms with E-state index in [0.29, 0.717) is 13.1 Å². The molecule has 1 aliphatic rings. The minimum absolute atomic E-state index is 0.0343. The Hall–Kier alpha value is -2.32. The molecule has 1 aromatic heterocycles. The lowest BCUT2D eigenvalue weighted by atomic mass is 10.1. The fraction of sp³-hybridized carbons (Fsp3) is 0.312. The number of hydrogen-bond donors (Lipinski definition) is 1. The highest BCUT2D eigenvalue weighted by atomic mass is 32.2. The first-order chi connectivity index (χ1) is 11.3. The number of fused-ring (bicyclic) bond motifs is 1. The second-order valence-corrected chi connectivity index (χ2v) is 7.45. The van der Waals surface area contributed by atoms with Crippen LogP contribution in [-0.4, -0.2) is 38.9 Å². The molecule has 0 aliphatic carbocycles. The Balaban J connectivity index is 1.93. The minimum atomic E-state index is -3.97. The zero-order valence-corrected chi connectivity index (χ0v) is 14.3. The second-order valence-electron chi connectivity index (χ2n) is 5.96. The van der Waals surface area contributed by atoms with Gasteiger partial charge in [-0.15, -0.1) is 0 Å². The summed E-state index contributed by atoms with van der Waals surface area (Å²) in [6.45, 7) is 3.03. The number of carbonyl (C=O) groups excluding carboxylic acids is 1. The van der Waals surface area contributed by atoms with E-state index in [9.17, 15) is 13.2 Å². The third-order valence-electron chi connectivity index (χ3n) is 4.15. The molecule has 2 heterocycles. The van der Waals surface area contributed by atoms with Gasteiger partial charge in [0.25, 0.3) is 15.9 Å². The van der Waals surface area contributed by atoms with Crippen LogP contribution in [0.25, 0.3) is 0 Å². The normalized spacial score (nSPS) is 18.2. The van der Waals surface area contributed by atoms with Crippen molar-refractivity contribution in [2.75, 3.05) is 18.5 Å². The average molecular weight is 349 g/mol. The standard InChI is InChI=1S/C16H19N3O4S/c1-11-9-18(2)13-6-4-3-5-12(13)10-19(11)16(20)14-7-8-15(23-14)24(17,21)22/h3-8,11H,9-10H2,1-2H3,(H2,17,21,22)/t11-/m1/s1. The molecule has 0 unspecified atom stereocenters. The molecule has 1 amide bonds. The molecule has 24 heavy (non-hydrogen) atoms. The van der Waals surface area contributed by atoms with E-state index >= 15 is 0 Å². The van der Waals surface area contributed by atoms with Gasteiger partial charge in [-0.3, -0.25) is 4.79 Å². The van der Waals surface area contributed by atoms with Gasteiger partial charge in [-0.25, -0.2) is 13.6 Å². The van der Waals surface area contributed by atoms with E-state index < -0.39 is 15.1 Å². The summed E-state index contributed by atoms with van der Waals surface area (Å²) in [4.78, 5) is 16.6. The molecular weight excluding hydrogens is 330 g/mol. The predicted octanol–water partition coefficient (Wildman–Crippen LogP) is 1.41. The van der Waals surface area contributed by atoms with Crippen LogP contribution >= 0.6 is 0 Å². The van der Waals surface area contributed by atoms with Gasteiger partial charge in [0, 0.05) is 31.9 Å². The van der Waals surface area contributed by atoms with Crippen LogP contribution in [-0.2, 0) is 16.6 Å². The topological polar surface area (TPSA) is 96.9 Å². The highest BCUT2D eigenvalue weighted by Crippen LogP contribution is 2.27. The van der Waals surface area contributed by atoms with Crippen LogP contribution < -0.4 is 10.0 Å². The molecule has 0 spiro atoms. The number of nitrogens with two attached hydrogens (primary N) is 1. The number of hydrogen-bond acceptors (Lipinski definition) is 5. The van der Waals surface area contributed by atoms with E-state index in [1.807, 2.05) is 38.2 Å². The van der Waals surface area contributed by atoms with Crippen LogP contribution in [0.2, 0.25) is 0 Å². The van der Waals surface area contributed by atoms with Crippen LogP contribution in [0.1, 0.15) is 23.0 Å². The van der Waals surface area contributed by atoms with E-state index in [0.717, 1.165) is 11.3 Å². The Kier molecular flexibility index (Phi) is 4.10. The van der Waals surface area contributed by atoms with E-state index in [4.69, 9.17) is 9.56 Å². The molecule has 1 aliphatic heterocycles. The molecule has 2 aromatic rings. The van der Waals surface area contributed by atoms with Crippen molar-refractivity contribution in [2.24, 2.45) is 5.14 Å². The predicted molar refractivity (Wildman–Crippen MR) is 89.1 cm³/mol. The van der Waals surface area contributed by atoms with E-state index in [2.05, 4.69) is 4.90 Å². The number of anilines is 1. The molecule has 128 valence electrons. The van der Waals surface area contributed by atoms with Crippen molar-refractivity contribution in [2.45, 2.75) is 24.6 Å². The lowest BCUT2D eigenvalue weighted by Gasteiger charge is -2.27. The summed E-state index contributed by atoms with van der Waals surface area (Å²) in [5, 5.41) is 4.62. The SMILES string of the molecule is C[C@@H]1CN(C)c2ccccc2CN1C(=O)c1ccc(S(N)(=O)=O)o1. The van der Waals surface area contributed by atoms with E-state index in [-0.39, 0.29) is 17.7 Å². The number of amides is 1. The molecule has 1 atom stereocenters. The summed E-state index contributed by atoms with van der Waals surface area (Å²) in [5.74, 6) is -0.393. The van der Waals surface area contributed by atoms with Gasteiger partial charge in [-0.1, -0.05) is 18.2 Å². The van der Waals surface area contributed by atoms with Gasteiger partial charge in [0.1, 0.15) is 0 Å².